The molecule has 0 atom stereocenters. The third kappa shape index (κ3) is 6.45. The highest BCUT2D eigenvalue weighted by molar-refractivity contribution is 6.32. The summed E-state index contributed by atoms with van der Waals surface area (Å²) in [5, 5.41) is 11.9. The molecule has 1 aromatic rings. The van der Waals surface area contributed by atoms with Gasteiger partial charge in [0, 0.05) is 13.2 Å². The number of aliphatic hydroxyl groups is 1. The first kappa shape index (κ1) is 15.8. The van der Waals surface area contributed by atoms with Gasteiger partial charge in [0.25, 0.3) is 5.91 Å². The summed E-state index contributed by atoms with van der Waals surface area (Å²) in [4.78, 5) is 11.5. The largest absolute Gasteiger partial charge is 0.482 e. The number of nitrogens with one attached hydrogen (secondary N) is 1. The van der Waals surface area contributed by atoms with Gasteiger partial charge >= 0.3 is 0 Å². The number of hydrogen-bond donors (Lipinski definition) is 2. The van der Waals surface area contributed by atoms with Crippen LogP contribution in [0.25, 0.3) is 0 Å². The van der Waals surface area contributed by atoms with Crippen molar-refractivity contribution in [3.05, 3.63) is 28.8 Å². The number of benzene rings is 1. The summed E-state index contributed by atoms with van der Waals surface area (Å²) in [5.74, 6) is 0.360. The molecule has 0 aromatic heterocycles. The van der Waals surface area contributed by atoms with Gasteiger partial charge in [-0.1, -0.05) is 17.7 Å². The maximum absolute atomic E-state index is 11.5. The number of ether oxygens (including phenoxy) is 1. The van der Waals surface area contributed by atoms with Gasteiger partial charge in [-0.2, -0.15) is 0 Å². The molecule has 106 valence electrons. The van der Waals surface area contributed by atoms with Crippen LogP contribution in [-0.4, -0.2) is 30.8 Å². The molecule has 0 radical (unpaired) electrons. The highest BCUT2D eigenvalue weighted by Crippen LogP contribution is 2.24. The van der Waals surface area contributed by atoms with Crippen molar-refractivity contribution in [2.24, 2.45) is 0 Å². The molecule has 1 rings (SSSR count). The van der Waals surface area contributed by atoms with Crippen molar-refractivity contribution in [2.45, 2.75) is 26.2 Å². The molecule has 0 heterocycles. The Balaban J connectivity index is 2.24. The van der Waals surface area contributed by atoms with Gasteiger partial charge in [-0.25, -0.2) is 0 Å². The number of hydrogen-bond acceptors (Lipinski definition) is 3. The van der Waals surface area contributed by atoms with Crippen LogP contribution >= 0.6 is 11.6 Å². The summed E-state index contributed by atoms with van der Waals surface area (Å²) in [7, 11) is 0. The minimum absolute atomic E-state index is 0.0385. The summed E-state index contributed by atoms with van der Waals surface area (Å²) in [6.45, 7) is 2.69. The molecule has 0 aliphatic heterocycles. The lowest BCUT2D eigenvalue weighted by atomic mass is 10.2. The van der Waals surface area contributed by atoms with E-state index in [1.807, 2.05) is 13.0 Å². The van der Waals surface area contributed by atoms with Gasteiger partial charge < -0.3 is 15.2 Å². The maximum Gasteiger partial charge on any atom is 0.257 e. The van der Waals surface area contributed by atoms with Crippen molar-refractivity contribution >= 4 is 17.5 Å². The first-order chi connectivity index (χ1) is 9.13. The zero-order valence-electron chi connectivity index (χ0n) is 11.1. The number of rotatable bonds is 8. The smallest absolute Gasteiger partial charge is 0.257 e. The van der Waals surface area contributed by atoms with Crippen LogP contribution in [0.4, 0.5) is 0 Å². The Bertz CT molecular complexity index is 410. The van der Waals surface area contributed by atoms with E-state index in [9.17, 15) is 4.79 Å². The lowest BCUT2D eigenvalue weighted by molar-refractivity contribution is -0.123. The molecule has 4 nitrogen and oxygen atoms in total. The Morgan fingerprint density at radius 2 is 2.16 bits per heavy atom. The molecule has 1 aromatic carbocycles. The van der Waals surface area contributed by atoms with E-state index < -0.39 is 0 Å². The zero-order valence-corrected chi connectivity index (χ0v) is 11.9. The van der Waals surface area contributed by atoms with Crippen LogP contribution in [0.1, 0.15) is 24.8 Å². The Kier molecular flexibility index (Phi) is 7.30. The number of aryl methyl sites for hydroxylation is 1. The van der Waals surface area contributed by atoms with Crippen LogP contribution in [0.3, 0.4) is 0 Å². The normalized spacial score (nSPS) is 10.3. The fourth-order valence-electron chi connectivity index (χ4n) is 1.56. The Hall–Kier alpha value is -1.26. The highest BCUT2D eigenvalue weighted by Gasteiger charge is 2.05. The van der Waals surface area contributed by atoms with Crippen molar-refractivity contribution < 1.29 is 14.6 Å². The molecule has 0 saturated heterocycles. The molecular weight excluding hydrogens is 266 g/mol. The molecule has 0 spiro atoms. The number of unbranched alkanes of at least 4 members (excludes halogenated alkanes) is 2. The number of carbonyl (C=O) groups is 1. The Morgan fingerprint density at radius 3 is 2.89 bits per heavy atom. The molecular formula is C14H20ClNO3. The summed E-state index contributed by atoms with van der Waals surface area (Å²) >= 11 is 5.96. The fraction of sp³-hybridized carbons (Fsp3) is 0.500. The second kappa shape index (κ2) is 8.77. The molecule has 2 N–H and O–H groups in total. The average Bonchev–Trinajstić information content (AvgIpc) is 2.39. The van der Waals surface area contributed by atoms with E-state index in [2.05, 4.69) is 5.32 Å². The van der Waals surface area contributed by atoms with Crippen molar-refractivity contribution in [2.75, 3.05) is 19.8 Å². The lowest BCUT2D eigenvalue weighted by Gasteiger charge is -2.09. The van der Waals surface area contributed by atoms with E-state index in [1.54, 1.807) is 12.1 Å². The minimum Gasteiger partial charge on any atom is -0.482 e. The fourth-order valence-corrected chi connectivity index (χ4v) is 1.73. The zero-order chi connectivity index (χ0) is 14.1. The van der Waals surface area contributed by atoms with Gasteiger partial charge in [0.2, 0.25) is 0 Å². The van der Waals surface area contributed by atoms with E-state index >= 15 is 0 Å². The summed E-state index contributed by atoms with van der Waals surface area (Å²) < 4.78 is 5.37. The molecule has 0 aliphatic rings. The van der Waals surface area contributed by atoms with Crippen LogP contribution in [-0.2, 0) is 4.79 Å². The van der Waals surface area contributed by atoms with Gasteiger partial charge in [-0.15, -0.1) is 0 Å². The van der Waals surface area contributed by atoms with Crippen molar-refractivity contribution in [1.82, 2.24) is 5.32 Å². The molecule has 0 aliphatic carbocycles. The molecule has 5 heteroatoms. The SMILES string of the molecule is Cc1ccc(Cl)c(OCC(=O)NCCCCCO)c1. The van der Waals surface area contributed by atoms with Crippen molar-refractivity contribution in [1.29, 1.82) is 0 Å². The van der Waals surface area contributed by atoms with E-state index in [-0.39, 0.29) is 19.1 Å². The van der Waals surface area contributed by atoms with Crippen LogP contribution in [0.15, 0.2) is 18.2 Å². The number of halogens is 1. The van der Waals surface area contributed by atoms with Crippen molar-refractivity contribution in [3.8, 4) is 5.75 Å². The number of carbonyl (C=O) groups excluding carboxylic acids is 1. The third-order valence-corrected chi connectivity index (χ3v) is 2.91. The first-order valence-electron chi connectivity index (χ1n) is 6.40. The van der Waals surface area contributed by atoms with Gasteiger partial charge in [0.1, 0.15) is 5.75 Å². The monoisotopic (exact) mass is 285 g/mol. The summed E-state index contributed by atoms with van der Waals surface area (Å²) in [6, 6.07) is 5.44. The van der Waals surface area contributed by atoms with E-state index in [1.165, 1.54) is 0 Å². The third-order valence-electron chi connectivity index (χ3n) is 2.60. The molecule has 0 bridgehead atoms. The molecule has 0 unspecified atom stereocenters. The predicted molar refractivity (Wildman–Crippen MR) is 75.6 cm³/mol. The van der Waals surface area contributed by atoms with Gasteiger partial charge in [-0.3, -0.25) is 4.79 Å². The molecule has 1 amide bonds. The lowest BCUT2D eigenvalue weighted by Crippen LogP contribution is -2.29. The number of amides is 1. The average molecular weight is 286 g/mol. The topological polar surface area (TPSA) is 58.6 Å². The van der Waals surface area contributed by atoms with Crippen molar-refractivity contribution in [3.63, 3.8) is 0 Å². The van der Waals surface area contributed by atoms with E-state index in [0.29, 0.717) is 17.3 Å². The van der Waals surface area contributed by atoms with Crippen LogP contribution < -0.4 is 10.1 Å². The first-order valence-corrected chi connectivity index (χ1v) is 6.78. The molecule has 0 fully saturated rings. The van der Waals surface area contributed by atoms with E-state index in [0.717, 1.165) is 24.8 Å². The van der Waals surface area contributed by atoms with Gasteiger partial charge in [-0.05, 0) is 43.9 Å². The summed E-state index contributed by atoms with van der Waals surface area (Å²) in [5.41, 5.74) is 1.03. The van der Waals surface area contributed by atoms with Crippen LogP contribution in [0, 0.1) is 6.92 Å². The summed E-state index contributed by atoms with van der Waals surface area (Å²) in [6.07, 6.45) is 2.53. The van der Waals surface area contributed by atoms with Crippen LogP contribution in [0.2, 0.25) is 5.02 Å². The van der Waals surface area contributed by atoms with E-state index in [4.69, 9.17) is 21.4 Å². The Morgan fingerprint density at radius 1 is 1.37 bits per heavy atom. The number of aliphatic hydroxyl groups excluding tert-OH is 1. The second-order valence-electron chi connectivity index (χ2n) is 4.36. The standard InChI is InChI=1S/C14H20ClNO3/c1-11-5-6-12(15)13(9-11)19-10-14(18)16-7-3-2-4-8-17/h5-6,9,17H,2-4,7-8,10H2,1H3,(H,16,18). The Labute approximate surface area is 118 Å². The second-order valence-corrected chi connectivity index (χ2v) is 4.76. The van der Waals surface area contributed by atoms with Crippen LogP contribution in [0.5, 0.6) is 5.75 Å². The predicted octanol–water partition coefficient (Wildman–Crippen LogP) is 2.31. The van der Waals surface area contributed by atoms with Gasteiger partial charge in [0.05, 0.1) is 5.02 Å². The molecule has 0 saturated carbocycles. The molecule has 19 heavy (non-hydrogen) atoms. The maximum atomic E-state index is 11.5. The minimum atomic E-state index is -0.165. The highest BCUT2D eigenvalue weighted by atomic mass is 35.5. The van der Waals surface area contributed by atoms with Gasteiger partial charge in [0.15, 0.2) is 6.61 Å². The quantitative estimate of drug-likeness (QED) is 0.721.